The largest absolute Gasteiger partial charge is 0.326 e. The van der Waals surface area contributed by atoms with E-state index in [0.29, 0.717) is 22.2 Å². The first-order valence-corrected chi connectivity index (χ1v) is 7.11. The minimum atomic E-state index is -0.0558. The molecule has 0 fully saturated rings. The van der Waals surface area contributed by atoms with Crippen molar-refractivity contribution in [2.75, 3.05) is 5.32 Å². The molecule has 4 heteroatoms. The SMILES string of the molecule is CC(CC(=O)Nc1cc(Cl)cc(Cl)c1)c1ccccc1. The van der Waals surface area contributed by atoms with Gasteiger partial charge in [0.1, 0.15) is 0 Å². The van der Waals surface area contributed by atoms with Crippen LogP contribution in [0.4, 0.5) is 5.69 Å². The smallest absolute Gasteiger partial charge is 0.224 e. The molecule has 2 aromatic rings. The fourth-order valence-electron chi connectivity index (χ4n) is 2.02. The molecule has 0 heterocycles. The maximum Gasteiger partial charge on any atom is 0.224 e. The van der Waals surface area contributed by atoms with Crippen LogP contribution in [0.15, 0.2) is 48.5 Å². The molecule has 0 aliphatic heterocycles. The van der Waals surface area contributed by atoms with Gasteiger partial charge in [0.05, 0.1) is 0 Å². The molecule has 1 N–H and O–H groups in total. The number of amides is 1. The summed E-state index contributed by atoms with van der Waals surface area (Å²) >= 11 is 11.8. The van der Waals surface area contributed by atoms with Crippen LogP contribution < -0.4 is 5.32 Å². The van der Waals surface area contributed by atoms with Gasteiger partial charge in [-0.15, -0.1) is 0 Å². The highest BCUT2D eigenvalue weighted by Gasteiger charge is 2.11. The fourth-order valence-corrected chi connectivity index (χ4v) is 2.54. The van der Waals surface area contributed by atoms with E-state index in [1.165, 1.54) is 0 Å². The first-order valence-electron chi connectivity index (χ1n) is 6.35. The van der Waals surface area contributed by atoms with Crippen LogP contribution in [-0.2, 0) is 4.79 Å². The number of hydrogen-bond acceptors (Lipinski definition) is 1. The summed E-state index contributed by atoms with van der Waals surface area (Å²) in [4.78, 5) is 12.0. The molecule has 104 valence electrons. The van der Waals surface area contributed by atoms with Gasteiger partial charge in [0.2, 0.25) is 5.91 Å². The number of carbonyl (C=O) groups is 1. The number of anilines is 1. The van der Waals surface area contributed by atoms with Crippen molar-refractivity contribution in [1.82, 2.24) is 0 Å². The Morgan fingerprint density at radius 3 is 2.30 bits per heavy atom. The third kappa shape index (κ3) is 4.26. The van der Waals surface area contributed by atoms with Gasteiger partial charge in [-0.1, -0.05) is 60.5 Å². The lowest BCUT2D eigenvalue weighted by Gasteiger charge is -2.12. The van der Waals surface area contributed by atoms with E-state index in [0.717, 1.165) is 5.56 Å². The molecule has 1 amide bonds. The Hall–Kier alpha value is -1.51. The molecule has 0 aromatic heterocycles. The molecule has 1 unspecified atom stereocenters. The summed E-state index contributed by atoms with van der Waals surface area (Å²) in [6.07, 6.45) is 0.411. The lowest BCUT2D eigenvalue weighted by atomic mass is 9.97. The zero-order valence-corrected chi connectivity index (χ0v) is 12.6. The van der Waals surface area contributed by atoms with Gasteiger partial charge < -0.3 is 5.32 Å². The minimum absolute atomic E-state index is 0.0558. The lowest BCUT2D eigenvalue weighted by Crippen LogP contribution is -2.14. The molecule has 0 aliphatic rings. The first kappa shape index (κ1) is 14.9. The molecule has 2 nitrogen and oxygen atoms in total. The molecule has 0 saturated heterocycles. The second-order valence-electron chi connectivity index (χ2n) is 4.72. The predicted molar refractivity (Wildman–Crippen MR) is 84.6 cm³/mol. The van der Waals surface area contributed by atoms with E-state index in [1.54, 1.807) is 18.2 Å². The molecule has 0 bridgehead atoms. The van der Waals surface area contributed by atoms with Gasteiger partial charge in [-0.25, -0.2) is 0 Å². The summed E-state index contributed by atoms with van der Waals surface area (Å²) in [5.41, 5.74) is 1.76. The Morgan fingerprint density at radius 2 is 1.70 bits per heavy atom. The molecule has 2 rings (SSSR count). The van der Waals surface area contributed by atoms with Crippen molar-refractivity contribution in [1.29, 1.82) is 0 Å². The number of nitrogens with one attached hydrogen (secondary N) is 1. The molecule has 0 radical (unpaired) electrons. The average molecular weight is 308 g/mol. The van der Waals surface area contributed by atoms with Gasteiger partial charge in [-0.3, -0.25) is 4.79 Å². The fraction of sp³-hybridized carbons (Fsp3) is 0.188. The molecular formula is C16H15Cl2NO. The van der Waals surface area contributed by atoms with Gasteiger partial charge in [0.15, 0.2) is 0 Å². The van der Waals surface area contributed by atoms with E-state index in [-0.39, 0.29) is 11.8 Å². The van der Waals surface area contributed by atoms with Gasteiger partial charge in [-0.2, -0.15) is 0 Å². The van der Waals surface area contributed by atoms with Crippen LogP contribution in [0.5, 0.6) is 0 Å². The maximum atomic E-state index is 12.0. The van der Waals surface area contributed by atoms with Crippen molar-refractivity contribution >= 4 is 34.8 Å². The summed E-state index contributed by atoms with van der Waals surface area (Å²) in [5.74, 6) is 0.102. The first-order chi connectivity index (χ1) is 9.54. The van der Waals surface area contributed by atoms with Crippen LogP contribution in [0.3, 0.4) is 0 Å². The molecule has 0 aliphatic carbocycles. The van der Waals surface area contributed by atoms with E-state index < -0.39 is 0 Å². The third-order valence-corrected chi connectivity index (χ3v) is 3.44. The van der Waals surface area contributed by atoms with Gasteiger partial charge >= 0.3 is 0 Å². The van der Waals surface area contributed by atoms with Gasteiger partial charge in [-0.05, 0) is 29.7 Å². The summed E-state index contributed by atoms with van der Waals surface area (Å²) in [6, 6.07) is 14.9. The standard InChI is InChI=1S/C16H15Cl2NO/c1-11(12-5-3-2-4-6-12)7-16(20)19-15-9-13(17)8-14(18)10-15/h2-6,8-11H,7H2,1H3,(H,19,20). The second kappa shape index (κ2) is 6.78. The Labute approximate surface area is 128 Å². The monoisotopic (exact) mass is 307 g/mol. The van der Waals surface area contributed by atoms with E-state index in [2.05, 4.69) is 5.32 Å². The normalized spacial score (nSPS) is 11.9. The number of benzene rings is 2. The summed E-state index contributed by atoms with van der Waals surface area (Å²) in [5, 5.41) is 3.82. The van der Waals surface area contributed by atoms with Crippen molar-refractivity contribution in [3.8, 4) is 0 Å². The van der Waals surface area contributed by atoms with Crippen LogP contribution in [-0.4, -0.2) is 5.91 Å². The maximum absolute atomic E-state index is 12.0. The number of carbonyl (C=O) groups excluding carboxylic acids is 1. The topological polar surface area (TPSA) is 29.1 Å². The molecule has 20 heavy (non-hydrogen) atoms. The summed E-state index contributed by atoms with van der Waals surface area (Å²) < 4.78 is 0. The van der Waals surface area contributed by atoms with E-state index in [4.69, 9.17) is 23.2 Å². The molecule has 2 aromatic carbocycles. The van der Waals surface area contributed by atoms with Crippen LogP contribution in [0, 0.1) is 0 Å². The average Bonchev–Trinajstić information content (AvgIpc) is 2.38. The third-order valence-electron chi connectivity index (χ3n) is 3.01. The molecule has 0 spiro atoms. The Morgan fingerprint density at radius 1 is 1.10 bits per heavy atom. The second-order valence-corrected chi connectivity index (χ2v) is 5.60. The number of hydrogen-bond donors (Lipinski definition) is 1. The highest BCUT2D eigenvalue weighted by Crippen LogP contribution is 2.24. The van der Waals surface area contributed by atoms with Crippen LogP contribution in [0.2, 0.25) is 10.0 Å². The molecule has 0 saturated carbocycles. The summed E-state index contributed by atoms with van der Waals surface area (Å²) in [6.45, 7) is 2.03. The Bertz CT molecular complexity index is 578. The highest BCUT2D eigenvalue weighted by atomic mass is 35.5. The van der Waals surface area contributed by atoms with Crippen molar-refractivity contribution < 1.29 is 4.79 Å². The zero-order chi connectivity index (χ0) is 14.5. The number of halogens is 2. The zero-order valence-electron chi connectivity index (χ0n) is 11.1. The molecule has 1 atom stereocenters. The van der Waals surface area contributed by atoms with Crippen LogP contribution >= 0.6 is 23.2 Å². The Kier molecular flexibility index (Phi) is 5.05. The predicted octanol–water partition coefficient (Wildman–Crippen LogP) is 5.13. The van der Waals surface area contributed by atoms with Gasteiger partial charge in [0.25, 0.3) is 0 Å². The van der Waals surface area contributed by atoms with E-state index in [1.807, 2.05) is 37.3 Å². The van der Waals surface area contributed by atoms with Gasteiger partial charge in [0, 0.05) is 22.2 Å². The van der Waals surface area contributed by atoms with Crippen molar-refractivity contribution in [2.45, 2.75) is 19.3 Å². The van der Waals surface area contributed by atoms with Crippen molar-refractivity contribution in [2.24, 2.45) is 0 Å². The number of rotatable bonds is 4. The Balaban J connectivity index is 1.99. The minimum Gasteiger partial charge on any atom is -0.326 e. The summed E-state index contributed by atoms with van der Waals surface area (Å²) in [7, 11) is 0. The van der Waals surface area contributed by atoms with Crippen LogP contribution in [0.25, 0.3) is 0 Å². The molecular weight excluding hydrogens is 293 g/mol. The van der Waals surface area contributed by atoms with Crippen molar-refractivity contribution in [3.05, 3.63) is 64.1 Å². The van der Waals surface area contributed by atoms with Crippen molar-refractivity contribution in [3.63, 3.8) is 0 Å². The highest BCUT2D eigenvalue weighted by molar-refractivity contribution is 6.35. The van der Waals surface area contributed by atoms with E-state index >= 15 is 0 Å². The van der Waals surface area contributed by atoms with E-state index in [9.17, 15) is 4.79 Å². The van der Waals surface area contributed by atoms with Crippen LogP contribution in [0.1, 0.15) is 24.8 Å². The lowest BCUT2D eigenvalue weighted by molar-refractivity contribution is -0.116. The quantitative estimate of drug-likeness (QED) is 0.834.